The second kappa shape index (κ2) is 8.43. The van der Waals surface area contributed by atoms with Crippen LogP contribution in [0.2, 0.25) is 5.02 Å². The van der Waals surface area contributed by atoms with E-state index in [0.29, 0.717) is 38.5 Å². The largest absolute Gasteiger partial charge is 0.417 e. The first-order valence-corrected chi connectivity index (χ1v) is 10.3. The molecular formula is C21H22ClF3N4O. The maximum atomic E-state index is 12.9. The van der Waals surface area contributed by atoms with Crippen molar-refractivity contribution in [2.24, 2.45) is 0 Å². The number of hydrogen-bond donors (Lipinski definition) is 0. The Morgan fingerprint density at radius 2 is 1.83 bits per heavy atom. The van der Waals surface area contributed by atoms with Gasteiger partial charge in [-0.15, -0.1) is 0 Å². The lowest BCUT2D eigenvalue weighted by Gasteiger charge is -2.37. The summed E-state index contributed by atoms with van der Waals surface area (Å²) in [6.45, 7) is 3.35. The lowest BCUT2D eigenvalue weighted by Crippen LogP contribution is -2.51. The highest BCUT2D eigenvalue weighted by Gasteiger charge is 2.32. The Hall–Kier alpha value is -2.32. The van der Waals surface area contributed by atoms with Gasteiger partial charge in [0.1, 0.15) is 5.82 Å². The third kappa shape index (κ3) is 4.39. The molecule has 0 aliphatic carbocycles. The van der Waals surface area contributed by atoms with Crippen molar-refractivity contribution in [3.8, 4) is 0 Å². The fourth-order valence-corrected chi connectivity index (χ4v) is 4.29. The molecule has 30 heavy (non-hydrogen) atoms. The molecule has 0 bridgehead atoms. The van der Waals surface area contributed by atoms with Crippen molar-refractivity contribution in [2.45, 2.75) is 19.0 Å². The minimum absolute atomic E-state index is 0.0146. The average molecular weight is 439 g/mol. The molecule has 1 aromatic carbocycles. The van der Waals surface area contributed by atoms with Gasteiger partial charge in [-0.1, -0.05) is 29.8 Å². The molecule has 3 heterocycles. The van der Waals surface area contributed by atoms with E-state index in [-0.39, 0.29) is 10.9 Å². The van der Waals surface area contributed by atoms with Crippen LogP contribution >= 0.6 is 11.6 Å². The van der Waals surface area contributed by atoms with Crippen molar-refractivity contribution in [2.75, 3.05) is 49.1 Å². The fourth-order valence-electron chi connectivity index (χ4n) is 4.01. The van der Waals surface area contributed by atoms with Crippen molar-refractivity contribution in [1.29, 1.82) is 0 Å². The second-order valence-electron chi connectivity index (χ2n) is 7.57. The van der Waals surface area contributed by atoms with Crippen molar-refractivity contribution in [1.82, 2.24) is 9.88 Å². The number of anilines is 2. The second-order valence-corrected chi connectivity index (χ2v) is 7.98. The van der Waals surface area contributed by atoms with E-state index in [9.17, 15) is 18.0 Å². The number of alkyl halides is 3. The summed E-state index contributed by atoms with van der Waals surface area (Å²) < 4.78 is 38.4. The van der Waals surface area contributed by atoms with Crippen molar-refractivity contribution in [3.63, 3.8) is 0 Å². The molecule has 4 rings (SSSR count). The summed E-state index contributed by atoms with van der Waals surface area (Å²) in [7, 11) is 0. The van der Waals surface area contributed by atoms with Gasteiger partial charge in [-0.2, -0.15) is 13.2 Å². The molecule has 2 aliphatic rings. The third-order valence-electron chi connectivity index (χ3n) is 5.59. The van der Waals surface area contributed by atoms with Crippen LogP contribution in [0.1, 0.15) is 17.5 Å². The number of para-hydroxylation sites is 1. The molecule has 2 aliphatic heterocycles. The standard InChI is InChI=1S/C21H22ClF3N4O/c22-17-12-16(21(23,24)25)13-26-20(17)28-10-8-27(9-11-28)14-19(30)29-7-3-5-15-4-1-2-6-18(15)29/h1-2,4,6,12-13H,3,5,7-11,14H2. The van der Waals surface area contributed by atoms with Gasteiger partial charge in [-0.05, 0) is 30.5 Å². The van der Waals surface area contributed by atoms with Gasteiger partial charge in [0.15, 0.2) is 0 Å². The molecular weight excluding hydrogens is 417 g/mol. The molecule has 0 saturated carbocycles. The molecule has 0 unspecified atom stereocenters. The predicted molar refractivity (Wildman–Crippen MR) is 110 cm³/mol. The quantitative estimate of drug-likeness (QED) is 0.729. The zero-order valence-corrected chi connectivity index (χ0v) is 17.1. The van der Waals surface area contributed by atoms with E-state index >= 15 is 0 Å². The third-order valence-corrected chi connectivity index (χ3v) is 5.87. The lowest BCUT2D eigenvalue weighted by molar-refractivity contribution is -0.137. The number of nitrogens with zero attached hydrogens (tertiary/aromatic N) is 4. The molecule has 1 saturated heterocycles. The minimum Gasteiger partial charge on any atom is -0.353 e. The zero-order chi connectivity index (χ0) is 21.3. The number of fused-ring (bicyclic) bond motifs is 1. The van der Waals surface area contributed by atoms with E-state index in [1.807, 2.05) is 28.0 Å². The van der Waals surface area contributed by atoms with Gasteiger partial charge in [0, 0.05) is 44.6 Å². The summed E-state index contributed by atoms with van der Waals surface area (Å²) in [5.41, 5.74) is 1.33. The van der Waals surface area contributed by atoms with Crippen LogP contribution in [0.3, 0.4) is 0 Å². The van der Waals surface area contributed by atoms with Gasteiger partial charge >= 0.3 is 6.18 Å². The van der Waals surface area contributed by atoms with Crippen LogP contribution in [0.15, 0.2) is 36.5 Å². The van der Waals surface area contributed by atoms with Crippen LogP contribution in [0, 0.1) is 0 Å². The smallest absolute Gasteiger partial charge is 0.353 e. The molecule has 0 spiro atoms. The number of hydrogen-bond acceptors (Lipinski definition) is 4. The Bertz CT molecular complexity index is 929. The fraction of sp³-hybridized carbons (Fsp3) is 0.429. The topological polar surface area (TPSA) is 39.7 Å². The monoisotopic (exact) mass is 438 g/mol. The summed E-state index contributed by atoms with van der Waals surface area (Å²) in [6, 6.07) is 8.90. The Balaban J connectivity index is 1.36. The molecule has 5 nitrogen and oxygen atoms in total. The highest BCUT2D eigenvalue weighted by Crippen LogP contribution is 2.34. The molecule has 9 heteroatoms. The zero-order valence-electron chi connectivity index (χ0n) is 16.3. The molecule has 1 fully saturated rings. The number of amides is 1. The van der Waals surface area contributed by atoms with Gasteiger partial charge < -0.3 is 9.80 Å². The van der Waals surface area contributed by atoms with Crippen molar-refractivity contribution < 1.29 is 18.0 Å². The van der Waals surface area contributed by atoms with E-state index < -0.39 is 11.7 Å². The number of benzene rings is 1. The maximum absolute atomic E-state index is 12.9. The van der Waals surface area contributed by atoms with E-state index in [1.165, 1.54) is 5.56 Å². The number of carbonyl (C=O) groups excluding carboxylic acids is 1. The molecule has 0 N–H and O–H groups in total. The molecule has 0 radical (unpaired) electrons. The molecule has 0 atom stereocenters. The minimum atomic E-state index is -4.47. The van der Waals surface area contributed by atoms with Gasteiger partial charge in [0.2, 0.25) is 5.91 Å². The first-order valence-electron chi connectivity index (χ1n) is 9.91. The van der Waals surface area contributed by atoms with Gasteiger partial charge in [-0.25, -0.2) is 4.98 Å². The summed E-state index contributed by atoms with van der Waals surface area (Å²) in [5.74, 6) is 0.418. The van der Waals surface area contributed by atoms with Crippen LogP contribution in [-0.2, 0) is 17.4 Å². The van der Waals surface area contributed by atoms with E-state index in [1.54, 1.807) is 0 Å². The summed E-state index contributed by atoms with van der Waals surface area (Å²) in [5, 5.41) is -0.0146. The van der Waals surface area contributed by atoms with Crippen molar-refractivity contribution in [3.05, 3.63) is 52.7 Å². The first kappa shape index (κ1) is 20.9. The lowest BCUT2D eigenvalue weighted by atomic mass is 10.0. The molecule has 2 aromatic rings. The Morgan fingerprint density at radius 1 is 1.10 bits per heavy atom. The van der Waals surface area contributed by atoms with Crippen LogP contribution in [0.25, 0.3) is 0 Å². The highest BCUT2D eigenvalue weighted by molar-refractivity contribution is 6.33. The SMILES string of the molecule is O=C(CN1CCN(c2ncc(C(F)(F)F)cc2Cl)CC1)N1CCCc2ccccc21. The van der Waals surface area contributed by atoms with Gasteiger partial charge in [-0.3, -0.25) is 9.69 Å². The van der Waals surface area contributed by atoms with Crippen LogP contribution < -0.4 is 9.80 Å². The molecule has 160 valence electrons. The summed E-state index contributed by atoms with van der Waals surface area (Å²) in [4.78, 5) is 22.6. The Kier molecular flexibility index (Phi) is 5.88. The van der Waals surface area contributed by atoms with E-state index in [0.717, 1.165) is 37.3 Å². The average Bonchev–Trinajstić information content (AvgIpc) is 2.73. The van der Waals surface area contributed by atoms with Crippen molar-refractivity contribution >= 4 is 29.0 Å². The summed E-state index contributed by atoms with van der Waals surface area (Å²) >= 11 is 6.06. The number of rotatable bonds is 3. The van der Waals surface area contributed by atoms with Crippen LogP contribution in [0.4, 0.5) is 24.7 Å². The molecule has 1 amide bonds. The first-order chi connectivity index (χ1) is 14.3. The predicted octanol–water partition coefficient (Wildman–Crippen LogP) is 3.86. The van der Waals surface area contributed by atoms with Crippen LogP contribution in [0.5, 0.6) is 0 Å². The number of carbonyl (C=O) groups is 1. The maximum Gasteiger partial charge on any atom is 0.417 e. The Morgan fingerprint density at radius 3 is 2.53 bits per heavy atom. The molecule has 1 aromatic heterocycles. The van der Waals surface area contributed by atoms with Gasteiger partial charge in [0.05, 0.1) is 17.1 Å². The number of aromatic nitrogens is 1. The van der Waals surface area contributed by atoms with E-state index in [4.69, 9.17) is 11.6 Å². The Labute approximate surface area is 178 Å². The highest BCUT2D eigenvalue weighted by atomic mass is 35.5. The van der Waals surface area contributed by atoms with Gasteiger partial charge in [0.25, 0.3) is 0 Å². The number of piperazine rings is 1. The normalized spacial score (nSPS) is 17.7. The van der Waals surface area contributed by atoms with E-state index in [2.05, 4.69) is 16.0 Å². The van der Waals surface area contributed by atoms with Crippen LogP contribution in [-0.4, -0.2) is 55.1 Å². The number of pyridine rings is 1. The number of aryl methyl sites for hydroxylation is 1. The summed E-state index contributed by atoms with van der Waals surface area (Å²) in [6.07, 6.45) is -1.72. The number of halogens is 4.